The number of aryl methyl sites for hydroxylation is 1. The molecule has 102 valence electrons. The van der Waals surface area contributed by atoms with E-state index in [0.717, 1.165) is 0 Å². The highest BCUT2D eigenvalue weighted by molar-refractivity contribution is 9.11. The monoisotopic (exact) mass is 408 g/mol. The lowest BCUT2D eigenvalue weighted by atomic mass is 10.3. The van der Waals surface area contributed by atoms with Crippen LogP contribution in [-0.4, -0.2) is 18.2 Å². The van der Waals surface area contributed by atoms with E-state index in [1.807, 2.05) is 0 Å². The van der Waals surface area contributed by atoms with Crippen molar-refractivity contribution in [3.8, 4) is 0 Å². The zero-order chi connectivity index (χ0) is 14.2. The average Bonchev–Trinajstić information content (AvgIpc) is 2.71. The number of nitrogen functional groups attached to an aromatic ring is 1. The maximum absolute atomic E-state index is 12.2. The Bertz CT molecular complexity index is 704. The highest BCUT2D eigenvalue weighted by Gasteiger charge is 2.19. The molecule has 2 aromatic rings. The lowest BCUT2D eigenvalue weighted by Gasteiger charge is -2.11. The number of hydrogen-bond acceptors (Lipinski definition) is 4. The van der Waals surface area contributed by atoms with Crippen molar-refractivity contribution in [3.63, 3.8) is 0 Å². The average molecular weight is 410 g/mol. The molecule has 0 fully saturated rings. The van der Waals surface area contributed by atoms with Gasteiger partial charge in [0.05, 0.1) is 11.9 Å². The Morgan fingerprint density at radius 2 is 1.89 bits per heavy atom. The van der Waals surface area contributed by atoms with Crippen molar-refractivity contribution in [2.24, 2.45) is 7.05 Å². The zero-order valence-corrected chi connectivity index (χ0v) is 13.8. The van der Waals surface area contributed by atoms with Gasteiger partial charge in [0.25, 0.3) is 10.0 Å². The summed E-state index contributed by atoms with van der Waals surface area (Å²) in [6.45, 7) is 0. The van der Waals surface area contributed by atoms with Gasteiger partial charge in [-0.2, -0.15) is 5.10 Å². The largest absolute Gasteiger partial charge is 0.399 e. The van der Waals surface area contributed by atoms with Gasteiger partial charge in [0.15, 0.2) is 0 Å². The molecule has 0 amide bonds. The molecule has 0 spiro atoms. The number of anilines is 2. The van der Waals surface area contributed by atoms with Crippen LogP contribution in [0.5, 0.6) is 0 Å². The summed E-state index contributed by atoms with van der Waals surface area (Å²) in [5.41, 5.74) is 6.56. The molecule has 2 rings (SSSR count). The van der Waals surface area contributed by atoms with Gasteiger partial charge in [0.1, 0.15) is 4.90 Å². The van der Waals surface area contributed by atoms with E-state index in [9.17, 15) is 8.42 Å². The van der Waals surface area contributed by atoms with Gasteiger partial charge in [-0.15, -0.1) is 0 Å². The van der Waals surface area contributed by atoms with Crippen molar-refractivity contribution < 1.29 is 8.42 Å². The Morgan fingerprint density at radius 3 is 2.37 bits per heavy atom. The molecule has 1 aromatic heterocycles. The van der Waals surface area contributed by atoms with Gasteiger partial charge in [-0.05, 0) is 44.0 Å². The number of halogens is 2. The van der Waals surface area contributed by atoms with E-state index >= 15 is 0 Å². The minimum atomic E-state index is -3.68. The topological polar surface area (TPSA) is 90.0 Å². The lowest BCUT2D eigenvalue weighted by Crippen LogP contribution is -2.13. The summed E-state index contributed by atoms with van der Waals surface area (Å²) in [6, 6.07) is 3.23. The number of hydrogen-bond donors (Lipinski definition) is 2. The number of benzene rings is 1. The first kappa shape index (κ1) is 14.4. The Balaban J connectivity index is 2.41. The summed E-state index contributed by atoms with van der Waals surface area (Å²) >= 11 is 6.54. The summed E-state index contributed by atoms with van der Waals surface area (Å²) in [7, 11) is -2.04. The molecule has 0 atom stereocenters. The first-order valence-electron chi connectivity index (χ1n) is 5.05. The maximum Gasteiger partial charge on any atom is 0.265 e. The van der Waals surface area contributed by atoms with Crippen LogP contribution in [0.25, 0.3) is 0 Å². The van der Waals surface area contributed by atoms with Crippen LogP contribution in [0.4, 0.5) is 11.4 Å². The first-order chi connectivity index (χ1) is 8.79. The Kier molecular flexibility index (Phi) is 3.88. The minimum absolute atomic E-state index is 0.0885. The highest BCUT2D eigenvalue weighted by atomic mass is 79.9. The molecule has 0 saturated carbocycles. The molecule has 0 saturated heterocycles. The van der Waals surface area contributed by atoms with Gasteiger partial charge < -0.3 is 5.73 Å². The molecule has 19 heavy (non-hydrogen) atoms. The third kappa shape index (κ3) is 3.10. The van der Waals surface area contributed by atoms with Crippen LogP contribution in [0, 0.1) is 0 Å². The molecule has 1 aromatic carbocycles. The number of nitrogens with one attached hydrogen (secondary N) is 1. The van der Waals surface area contributed by atoms with Gasteiger partial charge in [-0.25, -0.2) is 8.42 Å². The zero-order valence-electron chi connectivity index (χ0n) is 9.76. The van der Waals surface area contributed by atoms with E-state index in [4.69, 9.17) is 5.73 Å². The van der Waals surface area contributed by atoms with Crippen LogP contribution in [0.2, 0.25) is 0 Å². The molecule has 0 aliphatic carbocycles. The van der Waals surface area contributed by atoms with E-state index in [1.165, 1.54) is 17.1 Å². The van der Waals surface area contributed by atoms with Crippen molar-refractivity contribution in [1.29, 1.82) is 0 Å². The number of nitrogens with two attached hydrogens (primary N) is 1. The lowest BCUT2D eigenvalue weighted by molar-refractivity contribution is 0.601. The van der Waals surface area contributed by atoms with Crippen LogP contribution in [0.1, 0.15) is 0 Å². The fourth-order valence-electron chi connectivity index (χ4n) is 1.42. The normalized spacial score (nSPS) is 11.5. The fraction of sp³-hybridized carbons (Fsp3) is 0.100. The summed E-state index contributed by atoms with van der Waals surface area (Å²) in [4.78, 5) is 0.0885. The Hall–Kier alpha value is -1.06. The third-order valence-corrected chi connectivity index (χ3v) is 4.85. The van der Waals surface area contributed by atoms with Crippen molar-refractivity contribution in [3.05, 3.63) is 33.5 Å². The second kappa shape index (κ2) is 5.14. The van der Waals surface area contributed by atoms with Gasteiger partial charge >= 0.3 is 0 Å². The minimum Gasteiger partial charge on any atom is -0.399 e. The van der Waals surface area contributed by atoms with Crippen LogP contribution in [0.15, 0.2) is 38.4 Å². The molecule has 1 heterocycles. The smallest absolute Gasteiger partial charge is 0.265 e. The molecular formula is C10H10Br2N4O2S. The van der Waals surface area contributed by atoms with Gasteiger partial charge in [0, 0.05) is 27.9 Å². The highest BCUT2D eigenvalue weighted by Crippen LogP contribution is 2.34. The summed E-state index contributed by atoms with van der Waals surface area (Å²) < 4.78 is 29.3. The van der Waals surface area contributed by atoms with Crippen LogP contribution < -0.4 is 10.5 Å². The van der Waals surface area contributed by atoms with E-state index in [1.54, 1.807) is 19.2 Å². The fourth-order valence-corrected chi connectivity index (χ4v) is 4.19. The maximum atomic E-state index is 12.2. The van der Waals surface area contributed by atoms with Crippen molar-refractivity contribution in [1.82, 2.24) is 9.78 Å². The van der Waals surface area contributed by atoms with Crippen molar-refractivity contribution >= 4 is 53.3 Å². The summed E-state index contributed by atoms with van der Waals surface area (Å²) in [5, 5.41) is 3.84. The molecule has 0 unspecified atom stereocenters. The van der Waals surface area contributed by atoms with Gasteiger partial charge in [0.2, 0.25) is 0 Å². The third-order valence-electron chi connectivity index (χ3n) is 2.29. The van der Waals surface area contributed by atoms with Gasteiger partial charge in [-0.3, -0.25) is 9.40 Å². The van der Waals surface area contributed by atoms with Gasteiger partial charge in [-0.1, -0.05) is 0 Å². The summed E-state index contributed by atoms with van der Waals surface area (Å²) in [5.74, 6) is 0. The number of aromatic nitrogens is 2. The van der Waals surface area contributed by atoms with Crippen LogP contribution in [0.3, 0.4) is 0 Å². The molecular weight excluding hydrogens is 400 g/mol. The SMILES string of the molecule is Cn1cc(S(=O)(=O)Nc2c(Br)cc(N)cc2Br)cn1. The second-order valence-corrected chi connectivity index (χ2v) is 7.21. The Labute approximate surface area is 127 Å². The standard InChI is InChI=1S/C10H10Br2N4O2S/c1-16-5-7(4-14-16)19(17,18)15-10-8(11)2-6(13)3-9(10)12/h2-5,15H,13H2,1H3. The first-order valence-corrected chi connectivity index (χ1v) is 8.12. The number of nitrogens with zero attached hydrogens (tertiary/aromatic N) is 2. The number of sulfonamides is 1. The van der Waals surface area contributed by atoms with Crippen molar-refractivity contribution in [2.75, 3.05) is 10.5 Å². The van der Waals surface area contributed by atoms with Crippen LogP contribution >= 0.6 is 31.9 Å². The molecule has 0 radical (unpaired) electrons. The molecule has 6 nitrogen and oxygen atoms in total. The molecule has 0 aliphatic heterocycles. The molecule has 0 aliphatic rings. The van der Waals surface area contributed by atoms with Crippen molar-refractivity contribution in [2.45, 2.75) is 4.90 Å². The second-order valence-electron chi connectivity index (χ2n) is 3.81. The molecule has 9 heteroatoms. The summed E-state index contributed by atoms with van der Waals surface area (Å²) in [6.07, 6.45) is 2.70. The predicted molar refractivity (Wildman–Crippen MR) is 80.3 cm³/mol. The predicted octanol–water partition coefficient (Wildman–Crippen LogP) is 2.33. The quantitative estimate of drug-likeness (QED) is 0.761. The van der Waals surface area contributed by atoms with E-state index in [2.05, 4.69) is 41.7 Å². The molecule has 3 N–H and O–H groups in total. The Morgan fingerprint density at radius 1 is 1.32 bits per heavy atom. The van der Waals surface area contributed by atoms with E-state index in [-0.39, 0.29) is 4.90 Å². The van der Waals surface area contributed by atoms with Crippen LogP contribution in [-0.2, 0) is 17.1 Å². The van der Waals surface area contributed by atoms with E-state index in [0.29, 0.717) is 20.3 Å². The van der Waals surface area contributed by atoms with E-state index < -0.39 is 10.0 Å². The number of rotatable bonds is 3. The molecule has 0 bridgehead atoms.